The lowest BCUT2D eigenvalue weighted by atomic mass is 9.86. The number of benzene rings is 1. The molecule has 0 heterocycles. The molecule has 6 nitrogen and oxygen atoms in total. The first kappa shape index (κ1) is 16.8. The summed E-state index contributed by atoms with van der Waals surface area (Å²) in [5, 5.41) is 11.8. The maximum atomic E-state index is 12.3. The van der Waals surface area contributed by atoms with E-state index in [4.69, 9.17) is 9.47 Å². The molecular formula is C15H21NO5. The van der Waals surface area contributed by atoms with Gasteiger partial charge in [0.25, 0.3) is 5.91 Å². The van der Waals surface area contributed by atoms with Crippen molar-refractivity contribution < 1.29 is 24.2 Å². The van der Waals surface area contributed by atoms with Crippen molar-refractivity contribution in [2.24, 2.45) is 5.41 Å². The number of ether oxygens (including phenoxy) is 2. The molecule has 21 heavy (non-hydrogen) atoms. The summed E-state index contributed by atoms with van der Waals surface area (Å²) in [6, 6.07) is 3.69. The first-order valence-corrected chi connectivity index (χ1v) is 6.45. The molecule has 1 aromatic rings. The highest BCUT2D eigenvalue weighted by molar-refractivity contribution is 5.97. The Kier molecular flexibility index (Phi) is 5.18. The summed E-state index contributed by atoms with van der Waals surface area (Å²) < 4.78 is 10.2. The highest BCUT2D eigenvalue weighted by Gasteiger charge is 2.32. The van der Waals surface area contributed by atoms with Gasteiger partial charge in [-0.05, 0) is 17.5 Å². The number of carbonyl (C=O) groups is 2. The fraction of sp³-hybridized carbons (Fsp3) is 0.467. The number of carbonyl (C=O) groups excluding carboxylic acids is 1. The number of carboxylic acid groups (broad SMARTS) is 1. The maximum Gasteiger partial charge on any atom is 0.326 e. The van der Waals surface area contributed by atoms with Crippen molar-refractivity contribution in [2.75, 3.05) is 14.2 Å². The molecule has 6 heteroatoms. The third kappa shape index (κ3) is 4.37. The lowest BCUT2D eigenvalue weighted by Crippen LogP contribution is -2.49. The minimum Gasteiger partial charge on any atom is -0.497 e. The lowest BCUT2D eigenvalue weighted by molar-refractivity contribution is -0.142. The number of hydrogen-bond donors (Lipinski definition) is 2. The number of hydrogen-bond acceptors (Lipinski definition) is 4. The quantitative estimate of drug-likeness (QED) is 0.867. The van der Waals surface area contributed by atoms with E-state index in [1.165, 1.54) is 26.4 Å². The van der Waals surface area contributed by atoms with Crippen LogP contribution >= 0.6 is 0 Å². The van der Waals surface area contributed by atoms with E-state index in [1.54, 1.807) is 26.8 Å². The van der Waals surface area contributed by atoms with Gasteiger partial charge in [-0.15, -0.1) is 0 Å². The zero-order valence-electron chi connectivity index (χ0n) is 12.9. The molecule has 0 aliphatic heterocycles. The molecule has 0 radical (unpaired) electrons. The zero-order valence-corrected chi connectivity index (χ0v) is 12.9. The van der Waals surface area contributed by atoms with E-state index in [0.717, 1.165) is 0 Å². The van der Waals surface area contributed by atoms with Gasteiger partial charge < -0.3 is 19.9 Å². The van der Waals surface area contributed by atoms with E-state index in [2.05, 4.69) is 5.32 Å². The van der Waals surface area contributed by atoms with Crippen LogP contribution in [-0.4, -0.2) is 37.2 Å². The summed E-state index contributed by atoms with van der Waals surface area (Å²) in [6.45, 7) is 5.24. The molecule has 0 aliphatic carbocycles. The van der Waals surface area contributed by atoms with Crippen molar-refractivity contribution in [1.29, 1.82) is 0 Å². The summed E-state index contributed by atoms with van der Waals surface area (Å²) >= 11 is 0. The molecule has 0 bridgehead atoms. The number of aliphatic carboxylic acids is 1. The number of carboxylic acids is 1. The molecule has 0 saturated heterocycles. The van der Waals surface area contributed by atoms with Gasteiger partial charge in [-0.2, -0.15) is 0 Å². The lowest BCUT2D eigenvalue weighted by Gasteiger charge is -2.27. The molecular weight excluding hydrogens is 274 g/mol. The van der Waals surface area contributed by atoms with Crippen molar-refractivity contribution in [2.45, 2.75) is 26.8 Å². The SMILES string of the molecule is COc1cc(OC)cc(C(=O)N[C@@H](C(=O)O)C(C)(C)C)c1. The van der Waals surface area contributed by atoms with Crippen LogP contribution in [0.15, 0.2) is 18.2 Å². The van der Waals surface area contributed by atoms with Crippen LogP contribution in [0.3, 0.4) is 0 Å². The zero-order chi connectivity index (χ0) is 16.2. The monoisotopic (exact) mass is 295 g/mol. The Morgan fingerprint density at radius 2 is 1.57 bits per heavy atom. The van der Waals surface area contributed by atoms with E-state index in [-0.39, 0.29) is 5.56 Å². The molecule has 0 aliphatic rings. The molecule has 0 spiro atoms. The summed E-state index contributed by atoms with van der Waals surface area (Å²) in [7, 11) is 2.96. The van der Waals surface area contributed by atoms with Gasteiger partial charge in [-0.25, -0.2) is 4.79 Å². The highest BCUT2D eigenvalue weighted by Crippen LogP contribution is 2.24. The second-order valence-corrected chi connectivity index (χ2v) is 5.71. The normalized spacial score (nSPS) is 12.4. The molecule has 1 aromatic carbocycles. The van der Waals surface area contributed by atoms with Crippen LogP contribution in [0.4, 0.5) is 0 Å². The standard InChI is InChI=1S/C15H21NO5/c1-15(2,3)12(14(18)19)16-13(17)9-6-10(20-4)8-11(7-9)21-5/h6-8,12H,1-5H3,(H,16,17)(H,18,19)/t12-/m0/s1. The summed E-state index contributed by atoms with van der Waals surface area (Å²) in [4.78, 5) is 23.6. The Balaban J connectivity index is 3.05. The van der Waals surface area contributed by atoms with Crippen LogP contribution in [0.1, 0.15) is 31.1 Å². The first-order chi connectivity index (χ1) is 9.68. The van der Waals surface area contributed by atoms with Crippen LogP contribution in [0.25, 0.3) is 0 Å². The molecule has 116 valence electrons. The second kappa shape index (κ2) is 6.47. The summed E-state index contributed by atoms with van der Waals surface area (Å²) in [6.07, 6.45) is 0. The van der Waals surface area contributed by atoms with E-state index in [1.807, 2.05) is 0 Å². The van der Waals surface area contributed by atoms with Crippen molar-refractivity contribution >= 4 is 11.9 Å². The number of methoxy groups -OCH3 is 2. The van der Waals surface area contributed by atoms with Crippen LogP contribution in [0, 0.1) is 5.41 Å². The Morgan fingerprint density at radius 1 is 1.10 bits per heavy atom. The first-order valence-electron chi connectivity index (χ1n) is 6.45. The Hall–Kier alpha value is -2.24. The van der Waals surface area contributed by atoms with Gasteiger partial charge in [0.1, 0.15) is 17.5 Å². The number of rotatable bonds is 5. The van der Waals surface area contributed by atoms with E-state index < -0.39 is 23.3 Å². The van der Waals surface area contributed by atoms with Crippen molar-refractivity contribution in [3.63, 3.8) is 0 Å². The van der Waals surface area contributed by atoms with E-state index in [0.29, 0.717) is 11.5 Å². The molecule has 1 rings (SSSR count). The van der Waals surface area contributed by atoms with Gasteiger partial charge in [0.15, 0.2) is 0 Å². The van der Waals surface area contributed by atoms with Crippen LogP contribution in [0.5, 0.6) is 11.5 Å². The molecule has 0 unspecified atom stereocenters. The van der Waals surface area contributed by atoms with Crippen molar-refractivity contribution in [1.82, 2.24) is 5.32 Å². The Labute approximate surface area is 124 Å². The van der Waals surface area contributed by atoms with Crippen molar-refractivity contribution in [3.8, 4) is 11.5 Å². The third-order valence-electron chi connectivity index (χ3n) is 3.00. The average molecular weight is 295 g/mol. The molecule has 0 aromatic heterocycles. The molecule has 1 amide bonds. The van der Waals surface area contributed by atoms with Gasteiger partial charge >= 0.3 is 5.97 Å². The van der Waals surface area contributed by atoms with E-state index in [9.17, 15) is 14.7 Å². The number of amides is 1. The molecule has 0 fully saturated rings. The smallest absolute Gasteiger partial charge is 0.326 e. The van der Waals surface area contributed by atoms with E-state index >= 15 is 0 Å². The summed E-state index contributed by atoms with van der Waals surface area (Å²) in [5.74, 6) is -0.649. The molecule has 2 N–H and O–H groups in total. The Bertz CT molecular complexity index is 511. The van der Waals surface area contributed by atoms with Crippen LogP contribution < -0.4 is 14.8 Å². The van der Waals surface area contributed by atoms with Crippen molar-refractivity contribution in [3.05, 3.63) is 23.8 Å². The molecule has 0 saturated carbocycles. The third-order valence-corrected chi connectivity index (χ3v) is 3.00. The van der Waals surface area contributed by atoms with Gasteiger partial charge in [0.05, 0.1) is 14.2 Å². The van der Waals surface area contributed by atoms with Gasteiger partial charge in [0.2, 0.25) is 0 Å². The Morgan fingerprint density at radius 3 is 1.90 bits per heavy atom. The predicted octanol–water partition coefficient (Wildman–Crippen LogP) is 1.93. The summed E-state index contributed by atoms with van der Waals surface area (Å²) in [5.41, 5.74) is -0.327. The largest absolute Gasteiger partial charge is 0.497 e. The van der Waals surface area contributed by atoms with Crippen LogP contribution in [-0.2, 0) is 4.79 Å². The fourth-order valence-corrected chi connectivity index (χ4v) is 1.80. The minimum absolute atomic E-state index is 0.279. The highest BCUT2D eigenvalue weighted by atomic mass is 16.5. The van der Waals surface area contributed by atoms with Gasteiger partial charge in [-0.3, -0.25) is 4.79 Å². The number of nitrogens with one attached hydrogen (secondary N) is 1. The predicted molar refractivity (Wildman–Crippen MR) is 77.9 cm³/mol. The minimum atomic E-state index is -1.08. The van der Waals surface area contributed by atoms with Crippen LogP contribution in [0.2, 0.25) is 0 Å². The maximum absolute atomic E-state index is 12.3. The molecule has 1 atom stereocenters. The van der Waals surface area contributed by atoms with Gasteiger partial charge in [0, 0.05) is 11.6 Å². The average Bonchev–Trinajstić information content (AvgIpc) is 2.42. The second-order valence-electron chi connectivity index (χ2n) is 5.71. The van der Waals surface area contributed by atoms with Gasteiger partial charge in [-0.1, -0.05) is 20.8 Å². The fourth-order valence-electron chi connectivity index (χ4n) is 1.80. The topological polar surface area (TPSA) is 84.9 Å².